The van der Waals surface area contributed by atoms with Crippen LogP contribution in [0.3, 0.4) is 0 Å². The first-order valence-electron chi connectivity index (χ1n) is 9.95. The van der Waals surface area contributed by atoms with Gasteiger partial charge in [0.05, 0.1) is 24.5 Å². The Morgan fingerprint density at radius 3 is 2.70 bits per heavy atom. The maximum Gasteiger partial charge on any atom is 0.331 e. The van der Waals surface area contributed by atoms with Gasteiger partial charge in [0.15, 0.2) is 0 Å². The molecule has 154 valence electrons. The van der Waals surface area contributed by atoms with E-state index in [1.165, 1.54) is 6.21 Å². The second-order valence-corrected chi connectivity index (χ2v) is 7.24. The summed E-state index contributed by atoms with van der Waals surface area (Å²) in [5.41, 5.74) is 0.369. The highest BCUT2D eigenvalue weighted by atomic mass is 16.3. The number of pyridine rings is 1. The minimum Gasteiger partial charge on any atom is -0.494 e. The molecule has 1 aromatic carbocycles. The van der Waals surface area contributed by atoms with Crippen LogP contribution in [0, 0.1) is 0 Å². The lowest BCUT2D eigenvalue weighted by molar-refractivity contribution is 0.153. The summed E-state index contributed by atoms with van der Waals surface area (Å²) < 4.78 is 1.13. The van der Waals surface area contributed by atoms with Gasteiger partial charge in [-0.1, -0.05) is 36.4 Å². The number of H-pyrrole nitrogens is 1. The average molecular weight is 405 g/mol. The molecule has 8 nitrogen and oxygen atoms in total. The van der Waals surface area contributed by atoms with Gasteiger partial charge in [-0.2, -0.15) is 5.10 Å². The maximum absolute atomic E-state index is 12.3. The van der Waals surface area contributed by atoms with E-state index in [0.717, 1.165) is 41.6 Å². The Morgan fingerprint density at radius 2 is 1.93 bits per heavy atom. The molecule has 0 saturated carbocycles. The van der Waals surface area contributed by atoms with Crippen molar-refractivity contribution >= 4 is 6.21 Å². The molecule has 2 N–H and O–H groups in total. The van der Waals surface area contributed by atoms with E-state index in [9.17, 15) is 14.7 Å². The molecule has 8 heteroatoms. The molecular formula is C22H23N5O3. The van der Waals surface area contributed by atoms with Crippen molar-refractivity contribution in [3.05, 3.63) is 92.4 Å². The summed E-state index contributed by atoms with van der Waals surface area (Å²) in [4.78, 5) is 31.3. The third kappa shape index (κ3) is 4.17. The fourth-order valence-electron chi connectivity index (χ4n) is 3.66. The van der Waals surface area contributed by atoms with Crippen LogP contribution in [0.2, 0.25) is 0 Å². The Balaban J connectivity index is 1.65. The van der Waals surface area contributed by atoms with E-state index in [-0.39, 0.29) is 18.2 Å². The lowest BCUT2D eigenvalue weighted by atomic mass is 10.0. The molecule has 1 saturated heterocycles. The van der Waals surface area contributed by atoms with Crippen molar-refractivity contribution in [1.82, 2.24) is 19.5 Å². The first-order valence-corrected chi connectivity index (χ1v) is 9.95. The zero-order chi connectivity index (χ0) is 20.9. The minimum atomic E-state index is -0.669. The highest BCUT2D eigenvalue weighted by Gasteiger charge is 2.24. The topological polar surface area (TPSA) is 104 Å². The zero-order valence-electron chi connectivity index (χ0n) is 16.4. The van der Waals surface area contributed by atoms with Crippen molar-refractivity contribution in [2.75, 3.05) is 6.54 Å². The first-order chi connectivity index (χ1) is 14.6. The number of aromatic amines is 1. The van der Waals surface area contributed by atoms with Crippen molar-refractivity contribution < 1.29 is 5.11 Å². The van der Waals surface area contributed by atoms with E-state index in [2.05, 4.69) is 15.1 Å². The van der Waals surface area contributed by atoms with Crippen LogP contribution in [0.4, 0.5) is 0 Å². The fraction of sp³-hybridized carbons (Fsp3) is 0.273. The third-order valence-electron chi connectivity index (χ3n) is 5.23. The Labute approximate surface area is 173 Å². The molecule has 1 fully saturated rings. The number of aromatic nitrogens is 3. The van der Waals surface area contributed by atoms with Gasteiger partial charge < -0.3 is 5.11 Å². The Hall–Kier alpha value is -3.68. The lowest BCUT2D eigenvalue weighted by Crippen LogP contribution is -2.33. The first kappa shape index (κ1) is 19.6. The maximum atomic E-state index is 12.3. The molecule has 1 aliphatic rings. The van der Waals surface area contributed by atoms with Gasteiger partial charge in [-0.3, -0.25) is 24.3 Å². The molecule has 1 aliphatic heterocycles. The van der Waals surface area contributed by atoms with Gasteiger partial charge in [0.2, 0.25) is 5.88 Å². The van der Waals surface area contributed by atoms with Gasteiger partial charge in [0.25, 0.3) is 5.56 Å². The molecule has 2 aromatic heterocycles. The number of hydrazone groups is 1. The lowest BCUT2D eigenvalue weighted by Gasteiger charge is -2.32. The van der Waals surface area contributed by atoms with E-state index in [1.807, 2.05) is 53.5 Å². The van der Waals surface area contributed by atoms with Gasteiger partial charge in [0, 0.05) is 12.7 Å². The third-order valence-corrected chi connectivity index (χ3v) is 5.23. The van der Waals surface area contributed by atoms with E-state index < -0.39 is 17.1 Å². The predicted molar refractivity (Wildman–Crippen MR) is 114 cm³/mol. The van der Waals surface area contributed by atoms with Crippen molar-refractivity contribution in [2.24, 2.45) is 5.10 Å². The van der Waals surface area contributed by atoms with E-state index in [0.29, 0.717) is 0 Å². The van der Waals surface area contributed by atoms with Gasteiger partial charge in [0.1, 0.15) is 5.56 Å². The molecule has 0 radical (unpaired) electrons. The summed E-state index contributed by atoms with van der Waals surface area (Å²) in [6.07, 6.45) is 6.04. The number of piperidine rings is 1. The summed E-state index contributed by atoms with van der Waals surface area (Å²) in [5, 5.41) is 17.0. The normalized spacial score (nSPS) is 16.8. The standard InChI is InChI=1S/C22H23N5O3/c28-20-17(21(29)26(22(30)25-20)15-16-8-2-1-3-9-16)14-24-27-13-7-5-11-19(27)18-10-4-6-12-23-18/h1-4,6,8-10,12,14,19,29H,5,7,11,13,15H2,(H,25,28,30). The van der Waals surface area contributed by atoms with Crippen LogP contribution in [-0.2, 0) is 6.54 Å². The molecule has 0 bridgehead atoms. The number of benzene rings is 1. The number of aromatic hydroxyl groups is 1. The molecule has 0 amide bonds. The Bertz CT molecular complexity index is 1140. The number of rotatable bonds is 5. The zero-order valence-corrected chi connectivity index (χ0v) is 16.4. The van der Waals surface area contributed by atoms with Crippen molar-refractivity contribution in [1.29, 1.82) is 0 Å². The van der Waals surface area contributed by atoms with Crippen LogP contribution in [0.1, 0.15) is 42.1 Å². The van der Waals surface area contributed by atoms with Crippen LogP contribution in [0.25, 0.3) is 0 Å². The molecule has 3 aromatic rings. The second-order valence-electron chi connectivity index (χ2n) is 7.24. The molecule has 4 rings (SSSR count). The van der Waals surface area contributed by atoms with Crippen LogP contribution < -0.4 is 11.2 Å². The molecule has 30 heavy (non-hydrogen) atoms. The number of nitrogens with one attached hydrogen (secondary N) is 1. The average Bonchev–Trinajstić information content (AvgIpc) is 2.78. The number of hydrogen-bond acceptors (Lipinski definition) is 6. The second kappa shape index (κ2) is 8.77. The highest BCUT2D eigenvalue weighted by molar-refractivity contribution is 5.81. The summed E-state index contributed by atoms with van der Waals surface area (Å²) in [6, 6.07) is 15.0. The Morgan fingerprint density at radius 1 is 1.13 bits per heavy atom. The summed E-state index contributed by atoms with van der Waals surface area (Å²) in [7, 11) is 0. The van der Waals surface area contributed by atoms with E-state index >= 15 is 0 Å². The van der Waals surface area contributed by atoms with Crippen molar-refractivity contribution in [3.8, 4) is 5.88 Å². The van der Waals surface area contributed by atoms with Gasteiger partial charge in [-0.05, 0) is 37.0 Å². The molecule has 0 spiro atoms. The van der Waals surface area contributed by atoms with Crippen molar-refractivity contribution in [2.45, 2.75) is 31.8 Å². The van der Waals surface area contributed by atoms with Gasteiger partial charge in [-0.15, -0.1) is 0 Å². The summed E-state index contributed by atoms with van der Waals surface area (Å²) in [5.74, 6) is -0.400. The van der Waals surface area contributed by atoms with E-state index in [4.69, 9.17) is 0 Å². The summed E-state index contributed by atoms with van der Waals surface area (Å²) in [6.45, 7) is 0.865. The van der Waals surface area contributed by atoms with E-state index in [1.54, 1.807) is 6.20 Å². The Kier molecular flexibility index (Phi) is 5.74. The van der Waals surface area contributed by atoms with Crippen molar-refractivity contribution in [3.63, 3.8) is 0 Å². The van der Waals surface area contributed by atoms with Gasteiger partial charge in [-0.25, -0.2) is 4.79 Å². The molecule has 1 unspecified atom stereocenters. The number of hydrogen-bond donors (Lipinski definition) is 2. The monoisotopic (exact) mass is 405 g/mol. The molecule has 0 aliphatic carbocycles. The smallest absolute Gasteiger partial charge is 0.331 e. The summed E-state index contributed by atoms with van der Waals surface area (Å²) >= 11 is 0. The quantitative estimate of drug-likeness (QED) is 0.634. The SMILES string of the molecule is O=c1[nH]c(=O)n(Cc2ccccc2)c(O)c1C=NN1CCCCC1c1ccccn1. The minimum absolute atomic E-state index is 0.00708. The largest absolute Gasteiger partial charge is 0.494 e. The predicted octanol–water partition coefficient (Wildman–Crippen LogP) is 2.25. The van der Waals surface area contributed by atoms with Crippen LogP contribution >= 0.6 is 0 Å². The fourth-order valence-corrected chi connectivity index (χ4v) is 3.66. The van der Waals surface area contributed by atoms with Crippen LogP contribution in [0.15, 0.2) is 69.4 Å². The molecule has 1 atom stereocenters. The highest BCUT2D eigenvalue weighted by Crippen LogP contribution is 2.29. The van der Waals surface area contributed by atoms with Crippen LogP contribution in [-0.4, -0.2) is 37.4 Å². The number of nitrogens with zero attached hydrogens (tertiary/aromatic N) is 4. The van der Waals surface area contributed by atoms with Gasteiger partial charge >= 0.3 is 5.69 Å². The molecular weight excluding hydrogens is 382 g/mol. The van der Waals surface area contributed by atoms with Crippen LogP contribution in [0.5, 0.6) is 5.88 Å². The molecule has 3 heterocycles.